The fraction of sp³-hybridized carbons (Fsp3) is 1.00. The summed E-state index contributed by atoms with van der Waals surface area (Å²) in [6, 6.07) is 0. The third-order valence-electron chi connectivity index (χ3n) is 4.12. The Hall–Kier alpha value is 0.190. The number of nitrogens with zero attached hydrogens (tertiary/aromatic N) is 1. The zero-order chi connectivity index (χ0) is 14.1. The van der Waals surface area contributed by atoms with Crippen LogP contribution < -0.4 is 5.32 Å². The third kappa shape index (κ3) is 6.00. The summed E-state index contributed by atoms with van der Waals surface area (Å²) in [4.78, 5) is 2.28. The summed E-state index contributed by atoms with van der Waals surface area (Å²) in [6.07, 6.45) is 4.22. The molecule has 4 nitrogen and oxygen atoms in total. The normalized spacial score (nSPS) is 19.6. The van der Waals surface area contributed by atoms with Crippen LogP contribution in [-0.4, -0.2) is 73.1 Å². The molecule has 114 valence electrons. The van der Waals surface area contributed by atoms with Gasteiger partial charge in [0.15, 0.2) is 0 Å². The van der Waals surface area contributed by atoms with Crippen LogP contribution in [0.4, 0.5) is 0 Å². The minimum Gasteiger partial charge on any atom is -0.390 e. The quantitative estimate of drug-likeness (QED) is 0.668. The number of β-amino-alcohol motifs (C(OH)–C–C–N with tert-alkyl or cyclic N) is 1. The Kier molecular flexibility index (Phi) is 8.34. The molecular weight excluding hydrogens is 260 g/mol. The van der Waals surface area contributed by atoms with Crippen molar-refractivity contribution in [1.82, 2.24) is 10.2 Å². The van der Waals surface area contributed by atoms with Crippen molar-refractivity contribution in [2.45, 2.75) is 37.5 Å². The smallest absolute Gasteiger partial charge is 0.0791 e. The highest BCUT2D eigenvalue weighted by atomic mass is 32.2. The van der Waals surface area contributed by atoms with Gasteiger partial charge in [-0.25, -0.2) is 0 Å². The molecule has 1 atom stereocenters. The van der Waals surface area contributed by atoms with E-state index in [9.17, 15) is 5.11 Å². The molecule has 0 aromatic carbocycles. The van der Waals surface area contributed by atoms with E-state index < -0.39 is 0 Å². The minimum absolute atomic E-state index is 0.286. The summed E-state index contributed by atoms with van der Waals surface area (Å²) >= 11 is 1.93. The van der Waals surface area contributed by atoms with Gasteiger partial charge in [0.25, 0.3) is 0 Å². The molecule has 0 bridgehead atoms. The predicted molar refractivity (Wildman–Crippen MR) is 83.0 cm³/mol. The van der Waals surface area contributed by atoms with E-state index in [1.54, 1.807) is 0 Å². The van der Waals surface area contributed by atoms with Crippen molar-refractivity contribution in [1.29, 1.82) is 0 Å². The molecular formula is C14H30N2O2S. The van der Waals surface area contributed by atoms with E-state index in [1.165, 1.54) is 0 Å². The fourth-order valence-corrected chi connectivity index (χ4v) is 3.30. The van der Waals surface area contributed by atoms with Gasteiger partial charge in [0, 0.05) is 37.5 Å². The zero-order valence-electron chi connectivity index (χ0n) is 12.7. The molecule has 0 radical (unpaired) electrons. The molecule has 1 aliphatic rings. The molecule has 1 fully saturated rings. The molecule has 1 unspecified atom stereocenters. The summed E-state index contributed by atoms with van der Waals surface area (Å²) in [5.41, 5.74) is 0. The van der Waals surface area contributed by atoms with E-state index in [4.69, 9.17) is 4.74 Å². The van der Waals surface area contributed by atoms with Crippen LogP contribution in [0.25, 0.3) is 0 Å². The van der Waals surface area contributed by atoms with Gasteiger partial charge in [0.05, 0.1) is 19.3 Å². The number of ether oxygens (including phenoxy) is 1. The Morgan fingerprint density at radius 3 is 2.47 bits per heavy atom. The highest BCUT2D eigenvalue weighted by Crippen LogP contribution is 2.29. The fourth-order valence-electron chi connectivity index (χ4n) is 2.47. The average Bonchev–Trinajstić information content (AvgIpc) is 2.45. The maximum Gasteiger partial charge on any atom is 0.0791 e. The van der Waals surface area contributed by atoms with Crippen molar-refractivity contribution < 1.29 is 9.84 Å². The maximum atomic E-state index is 10.1. The largest absolute Gasteiger partial charge is 0.390 e. The predicted octanol–water partition coefficient (Wildman–Crippen LogP) is 1.19. The van der Waals surface area contributed by atoms with Crippen LogP contribution in [-0.2, 0) is 4.74 Å². The van der Waals surface area contributed by atoms with Crippen molar-refractivity contribution in [3.63, 3.8) is 0 Å². The molecule has 0 saturated carbocycles. The van der Waals surface area contributed by atoms with Crippen LogP contribution in [0.3, 0.4) is 0 Å². The molecule has 0 aromatic rings. The molecule has 19 heavy (non-hydrogen) atoms. The first-order chi connectivity index (χ1) is 9.15. The van der Waals surface area contributed by atoms with Crippen LogP contribution in [0.5, 0.6) is 0 Å². The second kappa shape index (κ2) is 9.19. The Morgan fingerprint density at radius 1 is 1.32 bits per heavy atom. The van der Waals surface area contributed by atoms with Gasteiger partial charge < -0.3 is 15.2 Å². The lowest BCUT2D eigenvalue weighted by molar-refractivity contribution is 0.0149. The van der Waals surface area contributed by atoms with E-state index in [0.29, 0.717) is 11.3 Å². The van der Waals surface area contributed by atoms with Crippen LogP contribution in [0, 0.1) is 0 Å². The van der Waals surface area contributed by atoms with Gasteiger partial charge in [0.2, 0.25) is 0 Å². The summed E-state index contributed by atoms with van der Waals surface area (Å²) in [6.45, 7) is 10.4. The molecule has 0 spiro atoms. The molecule has 2 N–H and O–H groups in total. The standard InChI is InChI=1S/C14H30N2O2S/c1-4-14(5-2,19-3)12-15-10-13(17)11-16-6-8-18-9-7-16/h13,15,17H,4-12H2,1-3H3. The molecule has 1 heterocycles. The number of hydrogen-bond acceptors (Lipinski definition) is 5. The summed E-state index contributed by atoms with van der Waals surface area (Å²) in [7, 11) is 0. The number of rotatable bonds is 9. The number of morpholine rings is 1. The first-order valence-electron chi connectivity index (χ1n) is 7.40. The molecule has 0 aromatic heterocycles. The van der Waals surface area contributed by atoms with E-state index in [1.807, 2.05) is 11.8 Å². The van der Waals surface area contributed by atoms with Gasteiger partial charge in [-0.1, -0.05) is 13.8 Å². The van der Waals surface area contributed by atoms with E-state index in [-0.39, 0.29) is 6.10 Å². The van der Waals surface area contributed by atoms with Gasteiger partial charge in [0.1, 0.15) is 0 Å². The lowest BCUT2D eigenvalue weighted by atomic mass is 10.0. The van der Waals surface area contributed by atoms with Crippen molar-refractivity contribution in [3.05, 3.63) is 0 Å². The van der Waals surface area contributed by atoms with Gasteiger partial charge in [-0.15, -0.1) is 0 Å². The highest BCUT2D eigenvalue weighted by molar-refractivity contribution is 8.00. The Bertz CT molecular complexity index is 223. The van der Waals surface area contributed by atoms with Crippen LogP contribution >= 0.6 is 11.8 Å². The SMILES string of the molecule is CCC(CC)(CNCC(O)CN1CCOCC1)SC. The Morgan fingerprint density at radius 2 is 1.95 bits per heavy atom. The second-order valence-electron chi connectivity index (χ2n) is 5.29. The first kappa shape index (κ1) is 17.2. The summed E-state index contributed by atoms with van der Waals surface area (Å²) < 4.78 is 5.63. The molecule has 0 amide bonds. The third-order valence-corrected chi connectivity index (χ3v) is 5.71. The average molecular weight is 290 g/mol. The number of aliphatic hydroxyl groups excluding tert-OH is 1. The van der Waals surface area contributed by atoms with Gasteiger partial charge in [-0.05, 0) is 19.1 Å². The van der Waals surface area contributed by atoms with E-state index in [2.05, 4.69) is 30.3 Å². The number of hydrogen-bond donors (Lipinski definition) is 2. The molecule has 1 saturated heterocycles. The second-order valence-corrected chi connectivity index (χ2v) is 6.57. The van der Waals surface area contributed by atoms with Gasteiger partial charge in [-0.3, -0.25) is 4.90 Å². The topological polar surface area (TPSA) is 44.7 Å². The van der Waals surface area contributed by atoms with Crippen LogP contribution in [0.15, 0.2) is 0 Å². The Labute approximate surface area is 122 Å². The monoisotopic (exact) mass is 290 g/mol. The number of thioether (sulfide) groups is 1. The van der Waals surface area contributed by atoms with Gasteiger partial charge >= 0.3 is 0 Å². The first-order valence-corrected chi connectivity index (χ1v) is 8.62. The van der Waals surface area contributed by atoms with Crippen molar-refractivity contribution >= 4 is 11.8 Å². The van der Waals surface area contributed by atoms with Crippen LogP contribution in [0.2, 0.25) is 0 Å². The lowest BCUT2D eigenvalue weighted by Crippen LogP contribution is -2.45. The lowest BCUT2D eigenvalue weighted by Gasteiger charge is -2.31. The highest BCUT2D eigenvalue weighted by Gasteiger charge is 2.24. The zero-order valence-corrected chi connectivity index (χ0v) is 13.5. The molecule has 5 heteroatoms. The molecule has 1 rings (SSSR count). The van der Waals surface area contributed by atoms with Crippen molar-refractivity contribution in [2.24, 2.45) is 0 Å². The number of aliphatic hydroxyl groups is 1. The van der Waals surface area contributed by atoms with Crippen molar-refractivity contribution in [3.8, 4) is 0 Å². The maximum absolute atomic E-state index is 10.1. The summed E-state index contributed by atoms with van der Waals surface area (Å²) in [5, 5.41) is 13.5. The molecule has 1 aliphatic heterocycles. The molecule has 0 aliphatic carbocycles. The minimum atomic E-state index is -0.286. The van der Waals surface area contributed by atoms with Crippen molar-refractivity contribution in [2.75, 3.05) is 52.2 Å². The van der Waals surface area contributed by atoms with E-state index >= 15 is 0 Å². The number of nitrogens with one attached hydrogen (secondary N) is 1. The van der Waals surface area contributed by atoms with Gasteiger partial charge in [-0.2, -0.15) is 11.8 Å². The summed E-state index contributed by atoms with van der Waals surface area (Å²) in [5.74, 6) is 0. The van der Waals surface area contributed by atoms with E-state index in [0.717, 1.165) is 52.2 Å². The Balaban J connectivity index is 2.20. The van der Waals surface area contributed by atoms with Crippen LogP contribution in [0.1, 0.15) is 26.7 Å².